The Morgan fingerprint density at radius 2 is 1.42 bits per heavy atom. The van der Waals surface area contributed by atoms with Gasteiger partial charge in [-0.25, -0.2) is 9.59 Å². The van der Waals surface area contributed by atoms with Gasteiger partial charge in [-0.3, -0.25) is 14.9 Å². The zero-order chi connectivity index (χ0) is 27.8. The lowest BCUT2D eigenvalue weighted by molar-refractivity contribution is -0.167. The van der Waals surface area contributed by atoms with Crippen molar-refractivity contribution in [1.29, 1.82) is 0 Å². The summed E-state index contributed by atoms with van der Waals surface area (Å²) in [6.07, 6.45) is -1.48. The van der Waals surface area contributed by atoms with Crippen molar-refractivity contribution in [3.8, 4) is 11.5 Å². The standard InChI is InChI=1S/C26H39NO9/c1-15(2)21(28)34-19-11-10-18(12-20(19)35-22(29)16(3)4)13-26(23(30)31,27-17(5)6)36-24(32)33-14-25(7,8)9/h10-12,15-17,27H,13-14H2,1-9H3,(H,30,31)/t26-/m0/s1. The quantitative estimate of drug-likeness (QED) is 0.252. The number of benzene rings is 1. The van der Waals surface area contributed by atoms with Crippen molar-refractivity contribution >= 4 is 24.1 Å². The minimum atomic E-state index is -2.18. The van der Waals surface area contributed by atoms with Crippen LogP contribution in [0.4, 0.5) is 4.79 Å². The number of carbonyl (C=O) groups excluding carboxylic acids is 3. The molecule has 1 aromatic carbocycles. The molecule has 36 heavy (non-hydrogen) atoms. The van der Waals surface area contributed by atoms with Gasteiger partial charge in [0, 0.05) is 12.5 Å². The molecule has 0 bridgehead atoms. The minimum Gasteiger partial charge on any atom is -0.477 e. The van der Waals surface area contributed by atoms with Crippen molar-refractivity contribution in [3.05, 3.63) is 23.8 Å². The summed E-state index contributed by atoms with van der Waals surface area (Å²) in [5, 5.41) is 12.9. The number of carboxylic acid groups (broad SMARTS) is 1. The first-order valence-electron chi connectivity index (χ1n) is 11.9. The molecule has 202 valence electrons. The number of hydrogen-bond donors (Lipinski definition) is 2. The smallest absolute Gasteiger partial charge is 0.477 e. The molecule has 0 amide bonds. The number of nitrogens with one attached hydrogen (secondary N) is 1. The van der Waals surface area contributed by atoms with Crippen LogP contribution in [0.2, 0.25) is 0 Å². The van der Waals surface area contributed by atoms with Gasteiger partial charge in [-0.1, -0.05) is 54.5 Å². The van der Waals surface area contributed by atoms with Crippen LogP contribution < -0.4 is 14.8 Å². The minimum absolute atomic E-state index is 0.00898. The monoisotopic (exact) mass is 509 g/mol. The van der Waals surface area contributed by atoms with Gasteiger partial charge in [0.05, 0.1) is 18.4 Å². The van der Waals surface area contributed by atoms with Crippen molar-refractivity contribution in [2.75, 3.05) is 6.61 Å². The number of hydrogen-bond acceptors (Lipinski definition) is 9. The first-order chi connectivity index (χ1) is 16.5. The van der Waals surface area contributed by atoms with Crippen molar-refractivity contribution in [1.82, 2.24) is 5.32 Å². The summed E-state index contributed by atoms with van der Waals surface area (Å²) in [6, 6.07) is 3.89. The van der Waals surface area contributed by atoms with E-state index in [9.17, 15) is 24.3 Å². The maximum Gasteiger partial charge on any atom is 0.510 e. The van der Waals surface area contributed by atoms with Gasteiger partial charge >= 0.3 is 24.1 Å². The van der Waals surface area contributed by atoms with Gasteiger partial charge in [0.1, 0.15) is 0 Å². The number of ether oxygens (including phenoxy) is 4. The second kappa shape index (κ2) is 12.7. The van der Waals surface area contributed by atoms with Gasteiger partial charge in [0.2, 0.25) is 0 Å². The first kappa shape index (κ1) is 30.9. The van der Waals surface area contributed by atoms with E-state index in [1.807, 2.05) is 20.8 Å². The highest BCUT2D eigenvalue weighted by Gasteiger charge is 2.44. The van der Waals surface area contributed by atoms with Crippen LogP contribution >= 0.6 is 0 Å². The second-order valence-corrected chi connectivity index (χ2v) is 10.7. The van der Waals surface area contributed by atoms with Crippen LogP contribution in [0.3, 0.4) is 0 Å². The summed E-state index contributed by atoms with van der Waals surface area (Å²) in [7, 11) is 0. The molecule has 0 heterocycles. The van der Waals surface area contributed by atoms with E-state index in [1.165, 1.54) is 18.2 Å². The van der Waals surface area contributed by atoms with Gasteiger partial charge in [-0.2, -0.15) is 0 Å². The third-order valence-corrected chi connectivity index (χ3v) is 4.57. The van der Waals surface area contributed by atoms with E-state index < -0.39 is 41.6 Å². The summed E-state index contributed by atoms with van der Waals surface area (Å²) >= 11 is 0. The molecule has 1 atom stereocenters. The number of aliphatic carboxylic acids is 1. The molecule has 0 saturated heterocycles. The van der Waals surface area contributed by atoms with Gasteiger partial charge in [0.15, 0.2) is 11.5 Å². The molecule has 2 N–H and O–H groups in total. The fraction of sp³-hybridized carbons (Fsp3) is 0.615. The summed E-state index contributed by atoms with van der Waals surface area (Å²) in [5.74, 6) is -3.49. The van der Waals surface area contributed by atoms with Crippen LogP contribution in [0, 0.1) is 17.3 Å². The van der Waals surface area contributed by atoms with Crippen molar-refractivity contribution in [2.45, 2.75) is 80.5 Å². The number of carbonyl (C=O) groups is 4. The molecule has 1 rings (SSSR count). The van der Waals surface area contributed by atoms with Crippen LogP contribution in [-0.4, -0.2) is 47.5 Å². The Balaban J connectivity index is 3.41. The van der Waals surface area contributed by atoms with Crippen LogP contribution in [0.1, 0.15) is 67.9 Å². The average Bonchev–Trinajstić information content (AvgIpc) is 2.72. The van der Waals surface area contributed by atoms with E-state index >= 15 is 0 Å². The predicted molar refractivity (Wildman–Crippen MR) is 132 cm³/mol. The van der Waals surface area contributed by atoms with Crippen LogP contribution in [-0.2, 0) is 30.3 Å². The molecule has 0 unspecified atom stereocenters. The van der Waals surface area contributed by atoms with Crippen LogP contribution in [0.25, 0.3) is 0 Å². The largest absolute Gasteiger partial charge is 0.510 e. The predicted octanol–water partition coefficient (Wildman–Crippen LogP) is 4.33. The average molecular weight is 510 g/mol. The molecular formula is C26H39NO9. The summed E-state index contributed by atoms with van der Waals surface area (Å²) in [4.78, 5) is 49.2. The molecule has 0 saturated carbocycles. The number of esters is 2. The summed E-state index contributed by atoms with van der Waals surface area (Å²) in [5.41, 5.74) is -2.20. The first-order valence-corrected chi connectivity index (χ1v) is 11.9. The topological polar surface area (TPSA) is 137 Å². The molecule has 0 radical (unpaired) electrons. The molecule has 0 aliphatic rings. The van der Waals surface area contributed by atoms with Gasteiger partial charge in [0.25, 0.3) is 5.72 Å². The highest BCUT2D eigenvalue weighted by Crippen LogP contribution is 2.32. The molecule has 0 fully saturated rings. The Bertz CT molecular complexity index is 947. The number of rotatable bonds is 11. The Morgan fingerprint density at radius 1 is 0.889 bits per heavy atom. The molecule has 10 heteroatoms. The fourth-order valence-corrected chi connectivity index (χ4v) is 2.78. The third-order valence-electron chi connectivity index (χ3n) is 4.57. The summed E-state index contributed by atoms with van der Waals surface area (Å²) in [6.45, 7) is 15.6. The maximum absolute atomic E-state index is 12.4. The Kier molecular flexibility index (Phi) is 10.9. The van der Waals surface area contributed by atoms with Crippen molar-refractivity contribution in [3.63, 3.8) is 0 Å². The van der Waals surface area contributed by atoms with E-state index in [1.54, 1.807) is 41.5 Å². The molecule has 0 aliphatic carbocycles. The van der Waals surface area contributed by atoms with E-state index in [0.29, 0.717) is 5.56 Å². The highest BCUT2D eigenvalue weighted by molar-refractivity contribution is 5.81. The zero-order valence-electron chi connectivity index (χ0n) is 22.6. The lowest BCUT2D eigenvalue weighted by atomic mass is 9.99. The van der Waals surface area contributed by atoms with Crippen LogP contribution in [0.15, 0.2) is 18.2 Å². The van der Waals surface area contributed by atoms with E-state index in [2.05, 4.69) is 5.32 Å². The van der Waals surface area contributed by atoms with Gasteiger partial charge in [-0.05, 0) is 37.0 Å². The zero-order valence-corrected chi connectivity index (χ0v) is 22.6. The van der Waals surface area contributed by atoms with Crippen molar-refractivity contribution in [2.24, 2.45) is 17.3 Å². The summed E-state index contributed by atoms with van der Waals surface area (Å²) < 4.78 is 21.2. The molecule has 0 aromatic heterocycles. The second-order valence-electron chi connectivity index (χ2n) is 10.7. The maximum atomic E-state index is 12.4. The SMILES string of the molecule is CC(C)N[C@@](Cc1ccc(OC(=O)C(C)C)c(OC(=O)C(C)C)c1)(OC(=O)OCC(C)(C)C)C(=O)O. The molecule has 10 nitrogen and oxygen atoms in total. The lowest BCUT2D eigenvalue weighted by Crippen LogP contribution is -2.59. The molecule has 0 spiro atoms. The Hall–Kier alpha value is -3.14. The van der Waals surface area contributed by atoms with Crippen molar-refractivity contribution < 1.29 is 43.2 Å². The van der Waals surface area contributed by atoms with Gasteiger partial charge in [-0.15, -0.1) is 0 Å². The fourth-order valence-electron chi connectivity index (χ4n) is 2.78. The van der Waals surface area contributed by atoms with Gasteiger partial charge < -0.3 is 24.1 Å². The van der Waals surface area contributed by atoms with E-state index in [0.717, 1.165) is 0 Å². The highest BCUT2D eigenvalue weighted by atomic mass is 16.7. The molecule has 0 aliphatic heterocycles. The van der Waals surface area contributed by atoms with E-state index in [4.69, 9.17) is 18.9 Å². The molecule has 1 aromatic rings. The van der Waals surface area contributed by atoms with Crippen LogP contribution in [0.5, 0.6) is 11.5 Å². The van der Waals surface area contributed by atoms with E-state index in [-0.39, 0.29) is 36.0 Å². The molecular weight excluding hydrogens is 470 g/mol. The number of carboxylic acids is 1. The lowest BCUT2D eigenvalue weighted by Gasteiger charge is -2.32. The third kappa shape index (κ3) is 9.85. The normalized spacial score (nSPS) is 13.3. The Labute approximate surface area is 212 Å². The Morgan fingerprint density at radius 3 is 1.86 bits per heavy atom.